The Morgan fingerprint density at radius 2 is 1.88 bits per heavy atom. The van der Waals surface area contributed by atoms with Crippen LogP contribution in [0.1, 0.15) is 25.3 Å². The van der Waals surface area contributed by atoms with Gasteiger partial charge >= 0.3 is 0 Å². The first-order chi connectivity index (χ1) is 15.7. The van der Waals surface area contributed by atoms with Crippen molar-refractivity contribution in [1.29, 1.82) is 0 Å². The number of guanidine groups is 1. The van der Waals surface area contributed by atoms with Crippen molar-refractivity contribution in [2.75, 3.05) is 52.6 Å². The quantitative estimate of drug-likeness (QED) is 0.502. The Kier molecular flexibility index (Phi) is 6.90. The van der Waals surface area contributed by atoms with Crippen molar-refractivity contribution >= 4 is 11.6 Å². The molecule has 0 bridgehead atoms. The third kappa shape index (κ3) is 4.70. The third-order valence-electron chi connectivity index (χ3n) is 5.98. The SMILES string of the molecule is CCOc1ccc(NC(=NC)NCC2(c3ccc4c(c3)OCO4)CCOCC2)cc1OC. The average Bonchev–Trinajstić information content (AvgIpc) is 3.31. The second-order valence-corrected chi connectivity index (χ2v) is 7.81. The molecule has 0 aromatic heterocycles. The summed E-state index contributed by atoms with van der Waals surface area (Å²) in [6.45, 7) is 4.96. The summed E-state index contributed by atoms with van der Waals surface area (Å²) in [5, 5.41) is 6.86. The van der Waals surface area contributed by atoms with Crippen molar-refractivity contribution < 1.29 is 23.7 Å². The lowest BCUT2D eigenvalue weighted by molar-refractivity contribution is 0.0514. The molecule has 32 heavy (non-hydrogen) atoms. The highest BCUT2D eigenvalue weighted by molar-refractivity contribution is 5.94. The molecule has 172 valence electrons. The van der Waals surface area contributed by atoms with Crippen LogP contribution >= 0.6 is 0 Å². The van der Waals surface area contributed by atoms with E-state index in [0.29, 0.717) is 30.6 Å². The molecule has 0 atom stereocenters. The smallest absolute Gasteiger partial charge is 0.231 e. The maximum Gasteiger partial charge on any atom is 0.231 e. The highest BCUT2D eigenvalue weighted by Crippen LogP contribution is 2.40. The van der Waals surface area contributed by atoms with E-state index < -0.39 is 0 Å². The van der Waals surface area contributed by atoms with Crippen molar-refractivity contribution in [3.8, 4) is 23.0 Å². The molecule has 1 fully saturated rings. The van der Waals surface area contributed by atoms with E-state index in [4.69, 9.17) is 23.7 Å². The second-order valence-electron chi connectivity index (χ2n) is 7.81. The lowest BCUT2D eigenvalue weighted by Gasteiger charge is -2.38. The first-order valence-electron chi connectivity index (χ1n) is 10.9. The number of ether oxygens (including phenoxy) is 5. The van der Waals surface area contributed by atoms with Crippen LogP contribution in [-0.2, 0) is 10.2 Å². The van der Waals surface area contributed by atoms with Crippen LogP contribution < -0.4 is 29.6 Å². The molecule has 8 nitrogen and oxygen atoms in total. The Morgan fingerprint density at radius 1 is 1.06 bits per heavy atom. The zero-order valence-electron chi connectivity index (χ0n) is 18.9. The number of anilines is 1. The van der Waals surface area contributed by atoms with E-state index in [2.05, 4.69) is 27.8 Å². The highest BCUT2D eigenvalue weighted by atomic mass is 16.7. The molecule has 0 saturated carbocycles. The van der Waals surface area contributed by atoms with Crippen molar-refractivity contribution in [3.05, 3.63) is 42.0 Å². The molecule has 0 aliphatic carbocycles. The molecule has 0 amide bonds. The van der Waals surface area contributed by atoms with E-state index in [0.717, 1.165) is 43.2 Å². The maximum absolute atomic E-state index is 5.67. The number of nitrogens with zero attached hydrogens (tertiary/aromatic N) is 1. The summed E-state index contributed by atoms with van der Waals surface area (Å²) in [4.78, 5) is 4.41. The summed E-state index contributed by atoms with van der Waals surface area (Å²) < 4.78 is 27.8. The Bertz CT molecular complexity index is 957. The van der Waals surface area contributed by atoms with E-state index in [-0.39, 0.29) is 12.2 Å². The number of rotatable bonds is 7. The van der Waals surface area contributed by atoms with E-state index >= 15 is 0 Å². The summed E-state index contributed by atoms with van der Waals surface area (Å²) >= 11 is 0. The second kappa shape index (κ2) is 9.99. The van der Waals surface area contributed by atoms with Gasteiger partial charge in [-0.1, -0.05) is 6.07 Å². The van der Waals surface area contributed by atoms with Crippen molar-refractivity contribution in [1.82, 2.24) is 5.32 Å². The van der Waals surface area contributed by atoms with Crippen molar-refractivity contribution in [2.24, 2.45) is 4.99 Å². The van der Waals surface area contributed by atoms with Crippen LogP contribution in [0, 0.1) is 0 Å². The number of methoxy groups -OCH3 is 1. The molecule has 1 saturated heterocycles. The summed E-state index contributed by atoms with van der Waals surface area (Å²) in [7, 11) is 3.40. The van der Waals surface area contributed by atoms with Gasteiger partial charge < -0.3 is 34.3 Å². The summed E-state index contributed by atoms with van der Waals surface area (Å²) in [5.41, 5.74) is 1.99. The first-order valence-corrected chi connectivity index (χ1v) is 10.9. The molecular formula is C24H31N3O5. The molecule has 0 unspecified atom stereocenters. The highest BCUT2D eigenvalue weighted by Gasteiger charge is 2.36. The summed E-state index contributed by atoms with van der Waals surface area (Å²) in [5.74, 6) is 3.67. The fourth-order valence-electron chi connectivity index (χ4n) is 4.14. The topological polar surface area (TPSA) is 82.6 Å². The van der Waals surface area contributed by atoms with Gasteiger partial charge in [-0.05, 0) is 49.6 Å². The predicted molar refractivity (Wildman–Crippen MR) is 123 cm³/mol. The van der Waals surface area contributed by atoms with Crippen LogP contribution in [0.2, 0.25) is 0 Å². The number of hydrogen-bond donors (Lipinski definition) is 2. The normalized spacial score (nSPS) is 17.0. The number of benzene rings is 2. The van der Waals surface area contributed by atoms with Crippen LogP contribution in [0.25, 0.3) is 0 Å². The van der Waals surface area contributed by atoms with Gasteiger partial charge in [-0.25, -0.2) is 0 Å². The maximum atomic E-state index is 5.67. The van der Waals surface area contributed by atoms with Gasteiger partial charge in [-0.3, -0.25) is 4.99 Å². The predicted octanol–water partition coefficient (Wildman–Crippen LogP) is 3.56. The fourth-order valence-corrected chi connectivity index (χ4v) is 4.14. The van der Waals surface area contributed by atoms with Gasteiger partial charge in [0.05, 0.1) is 13.7 Å². The van der Waals surface area contributed by atoms with E-state index in [9.17, 15) is 0 Å². The summed E-state index contributed by atoms with van der Waals surface area (Å²) in [6, 6.07) is 12.0. The zero-order valence-corrected chi connectivity index (χ0v) is 18.9. The molecule has 0 radical (unpaired) electrons. The van der Waals surface area contributed by atoms with Crippen LogP contribution in [0.15, 0.2) is 41.4 Å². The van der Waals surface area contributed by atoms with Gasteiger partial charge in [0.25, 0.3) is 0 Å². The third-order valence-corrected chi connectivity index (χ3v) is 5.98. The first kappa shape index (κ1) is 22.1. The summed E-state index contributed by atoms with van der Waals surface area (Å²) in [6.07, 6.45) is 1.82. The standard InChI is InChI=1S/C24H31N3O5/c1-4-30-19-8-6-18(14-21(19)28-3)27-23(25-2)26-15-24(9-11-29-12-10-24)17-5-7-20-22(13-17)32-16-31-20/h5-8,13-14H,4,9-12,15-16H2,1-3H3,(H2,25,26,27). The van der Waals surface area contributed by atoms with Crippen LogP contribution in [0.4, 0.5) is 5.69 Å². The molecule has 2 aromatic carbocycles. The number of hydrogen-bond acceptors (Lipinski definition) is 6. The monoisotopic (exact) mass is 441 g/mol. The molecule has 2 heterocycles. The number of fused-ring (bicyclic) bond motifs is 1. The average molecular weight is 442 g/mol. The van der Waals surface area contributed by atoms with E-state index in [1.54, 1.807) is 14.2 Å². The fraction of sp³-hybridized carbons (Fsp3) is 0.458. The number of nitrogens with one attached hydrogen (secondary N) is 2. The van der Waals surface area contributed by atoms with Gasteiger partial charge in [0.1, 0.15) is 0 Å². The minimum Gasteiger partial charge on any atom is -0.493 e. The molecule has 0 spiro atoms. The van der Waals surface area contributed by atoms with Crippen LogP contribution in [0.3, 0.4) is 0 Å². The molecular weight excluding hydrogens is 410 g/mol. The molecule has 2 aliphatic heterocycles. The van der Waals surface area contributed by atoms with Gasteiger partial charge in [-0.2, -0.15) is 0 Å². The zero-order chi connectivity index (χ0) is 22.4. The molecule has 2 N–H and O–H groups in total. The Hall–Kier alpha value is -3.13. The lowest BCUT2D eigenvalue weighted by Crippen LogP contribution is -2.46. The van der Waals surface area contributed by atoms with Crippen LogP contribution in [0.5, 0.6) is 23.0 Å². The van der Waals surface area contributed by atoms with Crippen LogP contribution in [-0.4, -0.2) is 53.3 Å². The minimum absolute atomic E-state index is 0.0899. The van der Waals surface area contributed by atoms with E-state index in [1.807, 2.05) is 31.2 Å². The molecule has 2 aromatic rings. The van der Waals surface area contributed by atoms with Crippen molar-refractivity contribution in [2.45, 2.75) is 25.2 Å². The van der Waals surface area contributed by atoms with Gasteiger partial charge in [-0.15, -0.1) is 0 Å². The van der Waals surface area contributed by atoms with Gasteiger partial charge in [0.2, 0.25) is 6.79 Å². The molecule has 2 aliphatic rings. The molecule has 4 rings (SSSR count). The van der Waals surface area contributed by atoms with Gasteiger partial charge in [0.15, 0.2) is 29.0 Å². The van der Waals surface area contributed by atoms with E-state index in [1.165, 1.54) is 5.56 Å². The Labute approximate surface area is 188 Å². The lowest BCUT2D eigenvalue weighted by atomic mass is 9.74. The Morgan fingerprint density at radius 3 is 2.62 bits per heavy atom. The van der Waals surface area contributed by atoms with Gasteiger partial charge in [0, 0.05) is 44.0 Å². The number of aliphatic imine (C=N–C) groups is 1. The minimum atomic E-state index is -0.0899. The largest absolute Gasteiger partial charge is 0.493 e. The molecule has 8 heteroatoms. The van der Waals surface area contributed by atoms with Crippen molar-refractivity contribution in [3.63, 3.8) is 0 Å². The Balaban J connectivity index is 1.49.